The summed E-state index contributed by atoms with van der Waals surface area (Å²) in [5.41, 5.74) is 7.21. The lowest BCUT2D eigenvalue weighted by Gasteiger charge is -2.14. The van der Waals surface area contributed by atoms with E-state index in [0.717, 1.165) is 42.6 Å². The number of primary amides is 1. The molecule has 2 aromatic rings. The Morgan fingerprint density at radius 2 is 1.92 bits per heavy atom. The standard InChI is InChI=1S/C18H20N4O3S/c1-10-6-7-13(12(8-10)15(23)11-4-2-3-5-11)20-17(25)22-18-21-14(9-26-18)16(19)24/h6-9,11H,2-5H2,1H3,(H2,19,24)(H2,20,21,22,25). The van der Waals surface area contributed by atoms with Crippen molar-refractivity contribution >= 4 is 39.9 Å². The highest BCUT2D eigenvalue weighted by atomic mass is 32.1. The van der Waals surface area contributed by atoms with E-state index in [9.17, 15) is 14.4 Å². The molecule has 7 nitrogen and oxygen atoms in total. The molecule has 1 aliphatic carbocycles. The van der Waals surface area contributed by atoms with Crippen LogP contribution in [0.3, 0.4) is 0 Å². The minimum Gasteiger partial charge on any atom is -0.364 e. The van der Waals surface area contributed by atoms with Gasteiger partial charge in [-0.15, -0.1) is 11.3 Å². The van der Waals surface area contributed by atoms with Gasteiger partial charge in [0.05, 0.1) is 5.69 Å². The first kappa shape index (κ1) is 18.1. The maximum atomic E-state index is 12.8. The number of nitrogens with zero attached hydrogens (tertiary/aromatic N) is 1. The number of urea groups is 1. The van der Waals surface area contributed by atoms with Gasteiger partial charge in [-0.05, 0) is 31.9 Å². The average molecular weight is 372 g/mol. The zero-order valence-electron chi connectivity index (χ0n) is 14.4. The molecule has 1 heterocycles. The first-order valence-corrected chi connectivity index (χ1v) is 9.30. The monoisotopic (exact) mass is 372 g/mol. The molecule has 0 unspecified atom stereocenters. The summed E-state index contributed by atoms with van der Waals surface area (Å²) in [5.74, 6) is -0.554. The van der Waals surface area contributed by atoms with Crippen molar-refractivity contribution in [1.82, 2.24) is 4.98 Å². The maximum absolute atomic E-state index is 12.8. The third kappa shape index (κ3) is 4.08. The van der Waals surface area contributed by atoms with Gasteiger partial charge in [0.2, 0.25) is 0 Å². The van der Waals surface area contributed by atoms with Crippen LogP contribution in [-0.2, 0) is 0 Å². The molecule has 0 radical (unpaired) electrons. The molecule has 0 bridgehead atoms. The van der Waals surface area contributed by atoms with Crippen LogP contribution in [0.1, 0.15) is 52.1 Å². The summed E-state index contributed by atoms with van der Waals surface area (Å²) in [5, 5.41) is 6.99. The first-order valence-electron chi connectivity index (χ1n) is 8.42. The zero-order chi connectivity index (χ0) is 18.7. The summed E-state index contributed by atoms with van der Waals surface area (Å²) in [4.78, 5) is 40.1. The molecule has 136 valence electrons. The van der Waals surface area contributed by atoms with Gasteiger partial charge in [0.25, 0.3) is 5.91 Å². The Morgan fingerprint density at radius 1 is 1.19 bits per heavy atom. The molecule has 0 spiro atoms. The van der Waals surface area contributed by atoms with E-state index in [1.807, 2.05) is 19.1 Å². The number of carbonyl (C=O) groups is 3. The Balaban J connectivity index is 1.74. The maximum Gasteiger partial charge on any atom is 0.325 e. The van der Waals surface area contributed by atoms with Gasteiger partial charge < -0.3 is 11.1 Å². The molecule has 8 heteroatoms. The average Bonchev–Trinajstić information content (AvgIpc) is 3.27. The minimum atomic E-state index is -0.655. The van der Waals surface area contributed by atoms with Crippen molar-refractivity contribution in [1.29, 1.82) is 0 Å². The van der Waals surface area contributed by atoms with E-state index in [1.165, 1.54) is 5.38 Å². The molecule has 1 aromatic carbocycles. The number of benzene rings is 1. The summed E-state index contributed by atoms with van der Waals surface area (Å²) in [6, 6.07) is 4.86. The molecule has 26 heavy (non-hydrogen) atoms. The van der Waals surface area contributed by atoms with Gasteiger partial charge in [0.15, 0.2) is 10.9 Å². The third-order valence-electron chi connectivity index (χ3n) is 4.39. The SMILES string of the molecule is Cc1ccc(NC(=O)Nc2nc(C(N)=O)cs2)c(C(=O)C2CCCC2)c1. The summed E-state index contributed by atoms with van der Waals surface area (Å²) < 4.78 is 0. The van der Waals surface area contributed by atoms with E-state index in [0.29, 0.717) is 11.3 Å². The molecule has 4 N–H and O–H groups in total. The van der Waals surface area contributed by atoms with Crippen molar-refractivity contribution in [2.75, 3.05) is 10.6 Å². The molecule has 3 rings (SSSR count). The number of nitrogens with one attached hydrogen (secondary N) is 2. The second-order valence-corrected chi connectivity index (χ2v) is 7.23. The number of anilines is 2. The Morgan fingerprint density at radius 3 is 2.58 bits per heavy atom. The second-order valence-electron chi connectivity index (χ2n) is 6.38. The fraction of sp³-hybridized carbons (Fsp3) is 0.333. The summed E-state index contributed by atoms with van der Waals surface area (Å²) in [6.07, 6.45) is 3.93. The normalized spacial score (nSPS) is 14.2. The third-order valence-corrected chi connectivity index (χ3v) is 5.15. The Kier molecular flexibility index (Phi) is 5.32. The number of Topliss-reactive ketones (excluding diaryl/α,β-unsaturated/α-hetero) is 1. The van der Waals surface area contributed by atoms with Crippen LogP contribution in [0.25, 0.3) is 0 Å². The summed E-state index contributed by atoms with van der Waals surface area (Å²) >= 11 is 1.10. The van der Waals surface area contributed by atoms with Gasteiger partial charge in [-0.1, -0.05) is 24.5 Å². The second kappa shape index (κ2) is 7.65. The van der Waals surface area contributed by atoms with Crippen molar-refractivity contribution in [2.45, 2.75) is 32.6 Å². The van der Waals surface area contributed by atoms with E-state index < -0.39 is 11.9 Å². The number of carbonyl (C=O) groups excluding carboxylic acids is 3. The van der Waals surface area contributed by atoms with Crippen LogP contribution in [0.5, 0.6) is 0 Å². The van der Waals surface area contributed by atoms with Crippen molar-refractivity contribution < 1.29 is 14.4 Å². The predicted octanol–water partition coefficient (Wildman–Crippen LogP) is 3.57. The van der Waals surface area contributed by atoms with Gasteiger partial charge in [-0.3, -0.25) is 14.9 Å². The predicted molar refractivity (Wildman–Crippen MR) is 101 cm³/mol. The fourth-order valence-corrected chi connectivity index (χ4v) is 3.77. The zero-order valence-corrected chi connectivity index (χ0v) is 15.2. The molecule has 1 saturated carbocycles. The molecule has 3 amide bonds. The molecule has 0 atom stereocenters. The number of hydrogen-bond acceptors (Lipinski definition) is 5. The highest BCUT2D eigenvalue weighted by Crippen LogP contribution is 2.31. The quantitative estimate of drug-likeness (QED) is 0.696. The summed E-state index contributed by atoms with van der Waals surface area (Å²) in [6.45, 7) is 1.91. The molecular weight excluding hydrogens is 352 g/mol. The van der Waals surface area contributed by atoms with Crippen LogP contribution < -0.4 is 16.4 Å². The van der Waals surface area contributed by atoms with Crippen LogP contribution in [0.4, 0.5) is 15.6 Å². The van der Waals surface area contributed by atoms with Crippen molar-refractivity contribution in [3.63, 3.8) is 0 Å². The van der Waals surface area contributed by atoms with Crippen LogP contribution in [0, 0.1) is 12.8 Å². The number of ketones is 1. The Labute approximate surface area is 155 Å². The Hall–Kier alpha value is -2.74. The van der Waals surface area contributed by atoms with E-state index >= 15 is 0 Å². The number of amides is 3. The van der Waals surface area contributed by atoms with Crippen LogP contribution in [0.15, 0.2) is 23.6 Å². The van der Waals surface area contributed by atoms with Crippen molar-refractivity contribution in [3.8, 4) is 0 Å². The lowest BCUT2D eigenvalue weighted by molar-refractivity contribution is 0.0923. The van der Waals surface area contributed by atoms with Gasteiger partial charge in [0, 0.05) is 16.9 Å². The van der Waals surface area contributed by atoms with Crippen LogP contribution in [-0.4, -0.2) is 22.7 Å². The van der Waals surface area contributed by atoms with E-state index in [2.05, 4.69) is 15.6 Å². The van der Waals surface area contributed by atoms with Gasteiger partial charge >= 0.3 is 6.03 Å². The summed E-state index contributed by atoms with van der Waals surface area (Å²) in [7, 11) is 0. The largest absolute Gasteiger partial charge is 0.364 e. The number of aryl methyl sites for hydroxylation is 1. The molecule has 1 fully saturated rings. The van der Waals surface area contributed by atoms with Crippen molar-refractivity contribution in [2.24, 2.45) is 11.7 Å². The number of aromatic nitrogens is 1. The highest BCUT2D eigenvalue weighted by molar-refractivity contribution is 7.14. The minimum absolute atomic E-state index is 0.0255. The topological polar surface area (TPSA) is 114 Å². The highest BCUT2D eigenvalue weighted by Gasteiger charge is 2.26. The fourth-order valence-electron chi connectivity index (χ4n) is 3.07. The van der Waals surface area contributed by atoms with Crippen LogP contribution in [0.2, 0.25) is 0 Å². The number of rotatable bonds is 5. The molecule has 1 aromatic heterocycles. The van der Waals surface area contributed by atoms with Crippen LogP contribution >= 0.6 is 11.3 Å². The smallest absolute Gasteiger partial charge is 0.325 e. The number of nitrogens with two attached hydrogens (primary N) is 1. The first-order chi connectivity index (χ1) is 12.4. The van der Waals surface area contributed by atoms with Gasteiger partial charge in [-0.2, -0.15) is 0 Å². The lowest BCUT2D eigenvalue weighted by Crippen LogP contribution is -2.22. The van der Waals surface area contributed by atoms with E-state index in [-0.39, 0.29) is 22.5 Å². The van der Waals surface area contributed by atoms with E-state index in [1.54, 1.807) is 6.07 Å². The molecule has 1 aliphatic rings. The molecular formula is C18H20N4O3S. The number of hydrogen-bond donors (Lipinski definition) is 3. The van der Waals surface area contributed by atoms with Gasteiger partial charge in [-0.25, -0.2) is 9.78 Å². The number of thiazole rings is 1. The van der Waals surface area contributed by atoms with E-state index in [4.69, 9.17) is 5.73 Å². The molecule has 0 aliphatic heterocycles. The Bertz CT molecular complexity index is 856. The molecule has 0 saturated heterocycles. The van der Waals surface area contributed by atoms with Gasteiger partial charge in [0.1, 0.15) is 5.69 Å². The van der Waals surface area contributed by atoms with Crippen molar-refractivity contribution in [3.05, 3.63) is 40.4 Å². The lowest BCUT2D eigenvalue weighted by atomic mass is 9.94.